The van der Waals surface area contributed by atoms with E-state index in [-0.39, 0.29) is 5.75 Å². The molecule has 0 spiro atoms. The van der Waals surface area contributed by atoms with Crippen LogP contribution in [-0.2, 0) is 24.0 Å². The molecule has 0 rings (SSSR count). The lowest BCUT2D eigenvalue weighted by Gasteiger charge is -2.23. The predicted octanol–water partition coefficient (Wildman–Crippen LogP) is 0.256. The van der Waals surface area contributed by atoms with Crippen molar-refractivity contribution in [2.45, 2.75) is 18.9 Å². The Morgan fingerprint density at radius 3 is 1.86 bits per heavy atom. The van der Waals surface area contributed by atoms with Crippen LogP contribution in [0.3, 0.4) is 0 Å². The Bertz CT molecular complexity index is 198. The van der Waals surface area contributed by atoms with Crippen molar-refractivity contribution in [3.05, 3.63) is 0 Å². The largest absolute Gasteiger partial charge is 0.500 e. The summed E-state index contributed by atoms with van der Waals surface area (Å²) in [5.41, 5.74) is 0. The maximum absolute atomic E-state index is 10.3. The summed E-state index contributed by atoms with van der Waals surface area (Å²) in [6.45, 7) is 0. The lowest BCUT2D eigenvalue weighted by atomic mass is 10.4. The molecular weight excluding hydrogens is 224 g/mol. The van der Waals surface area contributed by atoms with Crippen LogP contribution in [0.1, 0.15) is 12.8 Å². The average molecular weight is 242 g/mol. The van der Waals surface area contributed by atoms with Crippen molar-refractivity contribution < 1.29 is 21.7 Å². The summed E-state index contributed by atoms with van der Waals surface area (Å²) < 4.78 is 36.1. The van der Waals surface area contributed by atoms with Gasteiger partial charge in [0.25, 0.3) is 0 Å². The van der Waals surface area contributed by atoms with Crippen LogP contribution in [0.25, 0.3) is 0 Å². The molecular formula is C7H18O5SSi. The molecule has 0 aromatic carbocycles. The fraction of sp³-hybridized carbons (Fsp3) is 1.00. The van der Waals surface area contributed by atoms with E-state index < -0.39 is 19.5 Å². The third-order valence-corrected chi connectivity index (χ3v) is 5.52. The van der Waals surface area contributed by atoms with E-state index in [0.717, 1.165) is 6.42 Å². The zero-order valence-corrected chi connectivity index (χ0v) is 10.7. The SMILES string of the molecule is CO[Si](CCCC[SH](=O)=O)(OC)OC. The summed E-state index contributed by atoms with van der Waals surface area (Å²) in [5, 5.41) is 0. The van der Waals surface area contributed by atoms with Gasteiger partial charge in [0.05, 0.1) is 0 Å². The lowest BCUT2D eigenvalue weighted by Crippen LogP contribution is -2.42. The van der Waals surface area contributed by atoms with Crippen LogP contribution < -0.4 is 0 Å². The second-order valence-electron chi connectivity index (χ2n) is 2.81. The minimum atomic E-state index is -2.49. The van der Waals surface area contributed by atoms with E-state index in [1.807, 2.05) is 0 Å². The summed E-state index contributed by atoms with van der Waals surface area (Å²) in [6.07, 6.45) is 1.37. The molecule has 0 amide bonds. The van der Waals surface area contributed by atoms with Crippen LogP contribution in [0.15, 0.2) is 0 Å². The molecule has 14 heavy (non-hydrogen) atoms. The maximum Gasteiger partial charge on any atom is 0.500 e. The molecule has 0 aliphatic rings. The standard InChI is InChI=1S/C7H18O5SSi/c1-10-14(11-2,12-3)7-5-4-6-13(8)9/h13H,4-7H2,1-3H3. The minimum Gasteiger partial charge on any atom is -0.377 e. The molecule has 5 nitrogen and oxygen atoms in total. The zero-order valence-electron chi connectivity index (χ0n) is 8.82. The molecule has 0 aromatic heterocycles. The van der Waals surface area contributed by atoms with Crippen LogP contribution in [0.5, 0.6) is 0 Å². The van der Waals surface area contributed by atoms with Crippen molar-refractivity contribution in [1.82, 2.24) is 0 Å². The molecule has 0 aliphatic carbocycles. The van der Waals surface area contributed by atoms with Gasteiger partial charge in [0.15, 0.2) is 0 Å². The molecule has 0 aromatic rings. The Morgan fingerprint density at radius 2 is 1.50 bits per heavy atom. The molecule has 0 N–H and O–H groups in total. The van der Waals surface area contributed by atoms with Crippen LogP contribution in [-0.4, -0.2) is 44.3 Å². The predicted molar refractivity (Wildman–Crippen MR) is 56.0 cm³/mol. The Morgan fingerprint density at radius 1 is 1.00 bits per heavy atom. The quantitative estimate of drug-likeness (QED) is 0.376. The van der Waals surface area contributed by atoms with E-state index in [9.17, 15) is 8.42 Å². The molecule has 0 unspecified atom stereocenters. The van der Waals surface area contributed by atoms with Gasteiger partial charge in [0.2, 0.25) is 0 Å². The summed E-state index contributed by atoms with van der Waals surface area (Å²) in [7, 11) is -0.107. The number of hydrogen-bond donors (Lipinski definition) is 1. The molecule has 0 fully saturated rings. The third kappa shape index (κ3) is 5.06. The first-order valence-electron chi connectivity index (χ1n) is 4.37. The van der Waals surface area contributed by atoms with Gasteiger partial charge in [-0.1, -0.05) is 0 Å². The first kappa shape index (κ1) is 14.0. The molecule has 86 valence electrons. The molecule has 0 saturated heterocycles. The highest BCUT2D eigenvalue weighted by Crippen LogP contribution is 2.15. The van der Waals surface area contributed by atoms with Crippen molar-refractivity contribution in [2.75, 3.05) is 27.1 Å². The van der Waals surface area contributed by atoms with Gasteiger partial charge in [0, 0.05) is 33.1 Å². The Hall–Kier alpha value is 0.0469. The highest BCUT2D eigenvalue weighted by molar-refractivity contribution is 7.72. The number of hydrogen-bond acceptors (Lipinski definition) is 5. The smallest absolute Gasteiger partial charge is 0.377 e. The van der Waals surface area contributed by atoms with Crippen molar-refractivity contribution in [2.24, 2.45) is 0 Å². The first-order valence-corrected chi connectivity index (χ1v) is 7.67. The highest BCUT2D eigenvalue weighted by Gasteiger charge is 2.36. The fourth-order valence-electron chi connectivity index (χ4n) is 1.14. The molecule has 0 saturated carbocycles. The second-order valence-corrected chi connectivity index (χ2v) is 7.01. The zero-order chi connectivity index (χ0) is 11.0. The van der Waals surface area contributed by atoms with Crippen LogP contribution >= 0.6 is 0 Å². The Balaban J connectivity index is 3.82. The summed E-state index contributed by atoms with van der Waals surface area (Å²) in [6, 6.07) is 0.652. The van der Waals surface area contributed by atoms with Gasteiger partial charge in [-0.25, -0.2) is 8.42 Å². The lowest BCUT2D eigenvalue weighted by molar-refractivity contribution is 0.123. The van der Waals surface area contributed by atoms with Gasteiger partial charge in [-0.2, -0.15) is 0 Å². The number of rotatable bonds is 8. The summed E-state index contributed by atoms with van der Waals surface area (Å²) >= 11 is 0. The fourth-order valence-corrected chi connectivity index (χ4v) is 3.42. The Kier molecular flexibility index (Phi) is 7.38. The topological polar surface area (TPSA) is 61.8 Å². The van der Waals surface area contributed by atoms with E-state index in [2.05, 4.69) is 0 Å². The third-order valence-electron chi connectivity index (χ3n) is 2.01. The molecule has 0 atom stereocenters. The van der Waals surface area contributed by atoms with Crippen molar-refractivity contribution in [3.63, 3.8) is 0 Å². The minimum absolute atomic E-state index is 0.219. The van der Waals surface area contributed by atoms with Gasteiger partial charge < -0.3 is 13.3 Å². The van der Waals surface area contributed by atoms with E-state index in [1.165, 1.54) is 0 Å². The maximum atomic E-state index is 10.3. The van der Waals surface area contributed by atoms with Crippen molar-refractivity contribution in [3.8, 4) is 0 Å². The van der Waals surface area contributed by atoms with E-state index in [4.69, 9.17) is 13.3 Å². The summed E-state index contributed by atoms with van der Waals surface area (Å²) in [4.78, 5) is 0. The Labute approximate surface area is 87.7 Å². The molecule has 7 heteroatoms. The second kappa shape index (κ2) is 7.35. The van der Waals surface area contributed by atoms with Gasteiger partial charge in [-0.05, 0) is 12.8 Å². The normalized spacial score (nSPS) is 12.3. The van der Waals surface area contributed by atoms with Crippen molar-refractivity contribution in [1.29, 1.82) is 0 Å². The van der Waals surface area contributed by atoms with Gasteiger partial charge >= 0.3 is 8.80 Å². The molecule has 0 heterocycles. The molecule has 0 aliphatic heterocycles. The van der Waals surface area contributed by atoms with Crippen LogP contribution in [0.2, 0.25) is 6.04 Å². The van der Waals surface area contributed by atoms with Crippen molar-refractivity contribution >= 4 is 19.5 Å². The van der Waals surface area contributed by atoms with E-state index in [1.54, 1.807) is 21.3 Å². The van der Waals surface area contributed by atoms with Crippen LogP contribution in [0.4, 0.5) is 0 Å². The van der Waals surface area contributed by atoms with Gasteiger partial charge in [-0.15, -0.1) is 0 Å². The van der Waals surface area contributed by atoms with E-state index >= 15 is 0 Å². The summed E-state index contributed by atoms with van der Waals surface area (Å²) in [5.74, 6) is 0.219. The molecule has 0 radical (unpaired) electrons. The average Bonchev–Trinajstić information content (AvgIpc) is 2.19. The first-order chi connectivity index (χ1) is 6.60. The van der Waals surface area contributed by atoms with E-state index in [0.29, 0.717) is 12.5 Å². The highest BCUT2D eigenvalue weighted by atomic mass is 32.2. The van der Waals surface area contributed by atoms with Gasteiger partial charge in [0.1, 0.15) is 10.7 Å². The van der Waals surface area contributed by atoms with Crippen LogP contribution in [0, 0.1) is 0 Å². The van der Waals surface area contributed by atoms with Gasteiger partial charge in [-0.3, -0.25) is 0 Å². The monoisotopic (exact) mass is 242 g/mol. The molecule has 0 bridgehead atoms. The number of unbranched alkanes of at least 4 members (excludes halogenated alkanes) is 1. The number of thiol groups is 1.